The first kappa shape index (κ1) is 27.0. The van der Waals surface area contributed by atoms with E-state index in [-0.39, 0.29) is 11.0 Å². The highest BCUT2D eigenvalue weighted by atomic mass is 79.9. The quantitative estimate of drug-likeness (QED) is 0.210. The predicted molar refractivity (Wildman–Crippen MR) is 164 cm³/mol. The monoisotopic (exact) mass is 622 g/mol. The van der Waals surface area contributed by atoms with Crippen LogP contribution in [0.25, 0.3) is 27.5 Å². The SMILES string of the molecule is COc1cc2ncnc(Oc3ccc(NC(=O)c4cn(-c5ccc(Br)cc5)c5ccccc5c4=O)cc3)c2cc1OC. The van der Waals surface area contributed by atoms with Crippen molar-refractivity contribution in [2.24, 2.45) is 0 Å². The Kier molecular flexibility index (Phi) is 7.28. The number of anilines is 1. The summed E-state index contributed by atoms with van der Waals surface area (Å²) < 4.78 is 19.6. The van der Waals surface area contributed by atoms with Crippen LogP contribution in [0.15, 0.2) is 107 Å². The fourth-order valence-corrected chi connectivity index (χ4v) is 4.88. The molecule has 1 amide bonds. The molecule has 42 heavy (non-hydrogen) atoms. The second-order valence-electron chi connectivity index (χ2n) is 9.22. The van der Waals surface area contributed by atoms with Crippen molar-refractivity contribution in [2.45, 2.75) is 0 Å². The molecule has 0 radical (unpaired) electrons. The Morgan fingerprint density at radius 3 is 2.31 bits per heavy atom. The number of carbonyl (C=O) groups is 1. The van der Waals surface area contributed by atoms with Gasteiger partial charge in [0.05, 0.1) is 30.6 Å². The van der Waals surface area contributed by atoms with Gasteiger partial charge < -0.3 is 24.1 Å². The number of carbonyl (C=O) groups excluding carboxylic acids is 1. The Morgan fingerprint density at radius 2 is 1.57 bits per heavy atom. The Morgan fingerprint density at radius 1 is 0.857 bits per heavy atom. The third-order valence-corrected chi connectivity index (χ3v) is 7.22. The molecule has 6 aromatic rings. The first-order chi connectivity index (χ1) is 20.4. The number of methoxy groups -OCH3 is 2. The highest BCUT2D eigenvalue weighted by molar-refractivity contribution is 9.10. The largest absolute Gasteiger partial charge is 0.493 e. The van der Waals surface area contributed by atoms with Gasteiger partial charge in [-0.15, -0.1) is 0 Å². The minimum atomic E-state index is -0.520. The Hall–Kier alpha value is -5.22. The Labute approximate surface area is 248 Å². The van der Waals surface area contributed by atoms with Crippen molar-refractivity contribution in [1.82, 2.24) is 14.5 Å². The molecule has 6 rings (SSSR count). The molecule has 2 heterocycles. The molecule has 0 unspecified atom stereocenters. The van der Waals surface area contributed by atoms with Gasteiger partial charge in [0.25, 0.3) is 5.91 Å². The van der Waals surface area contributed by atoms with Crippen LogP contribution < -0.4 is 25.0 Å². The van der Waals surface area contributed by atoms with E-state index in [4.69, 9.17) is 14.2 Å². The molecule has 0 bridgehead atoms. The number of benzene rings is 4. The van der Waals surface area contributed by atoms with Crippen LogP contribution in [0.4, 0.5) is 5.69 Å². The fraction of sp³-hybridized carbons (Fsp3) is 0.0625. The zero-order chi connectivity index (χ0) is 29.2. The van der Waals surface area contributed by atoms with E-state index in [9.17, 15) is 9.59 Å². The molecule has 1 N–H and O–H groups in total. The number of nitrogens with one attached hydrogen (secondary N) is 1. The van der Waals surface area contributed by atoms with Gasteiger partial charge in [0.15, 0.2) is 11.5 Å². The summed E-state index contributed by atoms with van der Waals surface area (Å²) in [4.78, 5) is 35.2. The van der Waals surface area contributed by atoms with E-state index in [0.717, 1.165) is 10.2 Å². The fourth-order valence-electron chi connectivity index (χ4n) is 4.61. The average Bonchev–Trinajstić information content (AvgIpc) is 3.02. The van der Waals surface area contributed by atoms with Crippen LogP contribution in [0.5, 0.6) is 23.1 Å². The van der Waals surface area contributed by atoms with Crippen LogP contribution >= 0.6 is 15.9 Å². The van der Waals surface area contributed by atoms with Crippen LogP contribution in [-0.4, -0.2) is 34.7 Å². The van der Waals surface area contributed by atoms with Gasteiger partial charge >= 0.3 is 0 Å². The van der Waals surface area contributed by atoms with Gasteiger partial charge in [-0.3, -0.25) is 9.59 Å². The predicted octanol–water partition coefficient (Wildman–Crippen LogP) is 6.76. The molecular formula is C32H23BrN4O5. The number of halogens is 1. The van der Waals surface area contributed by atoms with Gasteiger partial charge in [-0.2, -0.15) is 0 Å². The molecule has 0 spiro atoms. The highest BCUT2D eigenvalue weighted by Crippen LogP contribution is 2.36. The van der Waals surface area contributed by atoms with Crippen molar-refractivity contribution < 1.29 is 19.0 Å². The molecule has 9 nitrogen and oxygen atoms in total. The van der Waals surface area contributed by atoms with Crippen molar-refractivity contribution in [1.29, 1.82) is 0 Å². The van der Waals surface area contributed by atoms with E-state index in [1.165, 1.54) is 6.33 Å². The molecule has 0 aliphatic heterocycles. The number of pyridine rings is 1. The van der Waals surface area contributed by atoms with Crippen molar-refractivity contribution in [2.75, 3.05) is 19.5 Å². The van der Waals surface area contributed by atoms with Crippen LogP contribution in [0.1, 0.15) is 10.4 Å². The van der Waals surface area contributed by atoms with Crippen molar-refractivity contribution >= 4 is 49.3 Å². The maximum absolute atomic E-state index is 13.3. The van der Waals surface area contributed by atoms with Gasteiger partial charge in [-0.05, 0) is 66.7 Å². The molecule has 208 valence electrons. The zero-order valence-corrected chi connectivity index (χ0v) is 24.1. The maximum atomic E-state index is 13.3. The second-order valence-corrected chi connectivity index (χ2v) is 10.1. The third kappa shape index (κ3) is 5.15. The van der Waals surface area contributed by atoms with Crippen molar-refractivity contribution in [3.8, 4) is 28.8 Å². The number of hydrogen-bond acceptors (Lipinski definition) is 7. The van der Waals surface area contributed by atoms with E-state index >= 15 is 0 Å². The van der Waals surface area contributed by atoms with Crippen molar-refractivity contribution in [3.63, 3.8) is 0 Å². The van der Waals surface area contributed by atoms with E-state index in [2.05, 4.69) is 31.2 Å². The molecule has 0 aliphatic carbocycles. The molecule has 0 saturated heterocycles. The Bertz CT molecular complexity index is 2010. The Balaban J connectivity index is 1.27. The van der Waals surface area contributed by atoms with Crippen LogP contribution in [0.3, 0.4) is 0 Å². The molecular weight excluding hydrogens is 600 g/mol. The third-order valence-electron chi connectivity index (χ3n) is 6.69. The van der Waals surface area contributed by atoms with Crippen molar-refractivity contribution in [3.05, 3.63) is 118 Å². The second kappa shape index (κ2) is 11.3. The number of hydrogen-bond donors (Lipinski definition) is 1. The normalized spacial score (nSPS) is 10.9. The van der Waals surface area contributed by atoms with Gasteiger partial charge in [0, 0.05) is 33.5 Å². The molecule has 10 heteroatoms. The van der Waals surface area contributed by atoms with E-state index in [0.29, 0.717) is 50.6 Å². The van der Waals surface area contributed by atoms with E-state index < -0.39 is 5.91 Å². The zero-order valence-electron chi connectivity index (χ0n) is 22.5. The van der Waals surface area contributed by atoms with Crippen LogP contribution in [0, 0.1) is 0 Å². The van der Waals surface area contributed by atoms with Crippen LogP contribution in [0.2, 0.25) is 0 Å². The summed E-state index contributed by atoms with van der Waals surface area (Å²) in [6, 6.07) is 25.1. The number of amides is 1. The summed E-state index contributed by atoms with van der Waals surface area (Å²) >= 11 is 3.45. The minimum Gasteiger partial charge on any atom is -0.493 e. The number of ether oxygens (including phenoxy) is 3. The standard InChI is InChI=1S/C32H23BrN4O5/c1-40-28-15-24-26(16-29(28)41-2)34-18-35-32(24)42-22-13-9-20(10-14-22)36-31(39)25-17-37(21-11-7-19(33)8-12-21)27-6-4-3-5-23(27)30(25)38/h3-18H,1-2H3,(H,36,39). The number of aromatic nitrogens is 3. The summed E-state index contributed by atoms with van der Waals surface area (Å²) in [6.07, 6.45) is 2.98. The van der Waals surface area contributed by atoms with Crippen LogP contribution in [-0.2, 0) is 0 Å². The van der Waals surface area contributed by atoms with E-state index in [1.54, 1.807) is 68.9 Å². The van der Waals surface area contributed by atoms with Gasteiger partial charge in [-0.1, -0.05) is 28.1 Å². The summed E-state index contributed by atoms with van der Waals surface area (Å²) in [5.74, 6) is 1.38. The molecule has 0 aliphatic rings. The number of fused-ring (bicyclic) bond motifs is 2. The van der Waals surface area contributed by atoms with Gasteiger partial charge in [0.2, 0.25) is 11.3 Å². The molecule has 2 aromatic heterocycles. The topological polar surface area (TPSA) is 105 Å². The lowest BCUT2D eigenvalue weighted by atomic mass is 10.1. The van der Waals surface area contributed by atoms with Gasteiger partial charge in [0.1, 0.15) is 17.6 Å². The molecule has 4 aromatic carbocycles. The number of rotatable bonds is 7. The molecule has 0 saturated carbocycles. The summed E-state index contributed by atoms with van der Waals surface area (Å²) in [5, 5.41) is 3.92. The summed E-state index contributed by atoms with van der Waals surface area (Å²) in [7, 11) is 3.11. The minimum absolute atomic E-state index is 0.0220. The lowest BCUT2D eigenvalue weighted by Crippen LogP contribution is -2.23. The molecule has 0 atom stereocenters. The lowest BCUT2D eigenvalue weighted by molar-refractivity contribution is 0.102. The smallest absolute Gasteiger partial charge is 0.261 e. The number of nitrogens with zero attached hydrogens (tertiary/aromatic N) is 3. The molecule has 0 fully saturated rings. The maximum Gasteiger partial charge on any atom is 0.261 e. The first-order valence-corrected chi connectivity index (χ1v) is 13.6. The first-order valence-electron chi connectivity index (χ1n) is 12.8. The summed E-state index contributed by atoms with van der Waals surface area (Å²) in [6.45, 7) is 0. The summed E-state index contributed by atoms with van der Waals surface area (Å²) in [5.41, 5.74) is 2.32. The highest BCUT2D eigenvalue weighted by Gasteiger charge is 2.17. The number of para-hydroxylation sites is 1. The average molecular weight is 623 g/mol. The van der Waals surface area contributed by atoms with E-state index in [1.807, 2.05) is 41.0 Å². The van der Waals surface area contributed by atoms with Gasteiger partial charge in [-0.25, -0.2) is 9.97 Å². The lowest BCUT2D eigenvalue weighted by Gasteiger charge is -2.14.